The number of piperidine rings is 1. The van der Waals surface area contributed by atoms with Gasteiger partial charge in [0, 0.05) is 43.3 Å². The molecule has 2 aromatic heterocycles. The topological polar surface area (TPSA) is 135 Å². The molecule has 0 bridgehead atoms. The lowest BCUT2D eigenvalue weighted by molar-refractivity contribution is -0.253. The minimum absolute atomic E-state index is 0.0167. The molecule has 11 nitrogen and oxygen atoms in total. The zero-order valence-corrected chi connectivity index (χ0v) is 27.4. The summed E-state index contributed by atoms with van der Waals surface area (Å²) in [5, 5.41) is 12.5. The summed E-state index contributed by atoms with van der Waals surface area (Å²) in [7, 11) is 0. The Morgan fingerprint density at radius 1 is 0.880 bits per heavy atom. The second kappa shape index (κ2) is 14.0. The highest BCUT2D eigenvalue weighted by molar-refractivity contribution is 6.03. The zero-order valence-electron chi connectivity index (χ0n) is 27.4. The van der Waals surface area contributed by atoms with E-state index in [4.69, 9.17) is 9.47 Å². The molecule has 3 atom stereocenters. The van der Waals surface area contributed by atoms with Crippen molar-refractivity contribution in [1.82, 2.24) is 24.4 Å². The number of nitrogens with one attached hydrogen (secondary N) is 2. The molecule has 4 heterocycles. The van der Waals surface area contributed by atoms with E-state index in [0.29, 0.717) is 17.6 Å². The number of hydrogen-bond acceptors (Lipinski definition) is 8. The number of anilines is 1. The predicted octanol–water partition coefficient (Wildman–Crippen LogP) is 5.90. The molecule has 11 heteroatoms. The molecule has 0 aliphatic carbocycles. The van der Waals surface area contributed by atoms with E-state index in [9.17, 15) is 14.7 Å². The van der Waals surface area contributed by atoms with Crippen molar-refractivity contribution >= 4 is 33.7 Å². The molecule has 254 valence electrons. The number of para-hydroxylation sites is 4. The number of hydrogen-bond donors (Lipinski definition) is 3. The van der Waals surface area contributed by atoms with Gasteiger partial charge in [-0.2, -0.15) is 0 Å². The number of nitrogens with zero attached hydrogens (tertiary/aromatic N) is 4. The van der Waals surface area contributed by atoms with Crippen molar-refractivity contribution in [2.45, 2.75) is 50.4 Å². The average molecular weight is 671 g/mol. The first-order valence-electron chi connectivity index (χ1n) is 17.1. The first-order chi connectivity index (χ1) is 24.5. The van der Waals surface area contributed by atoms with Crippen molar-refractivity contribution in [3.05, 3.63) is 136 Å². The molecule has 2 fully saturated rings. The number of imidazole rings is 1. The fourth-order valence-corrected chi connectivity index (χ4v) is 7.10. The SMILES string of the molecule is O=C(Nc1ccc(C2OC(CN3CCC(n4c(=O)[nH]c5ccccc54)CC3)CC(c3ccc(CO)cc3)O2)cc1)c1cnc2ccccc2n1. The van der Waals surface area contributed by atoms with Crippen LogP contribution in [0, 0.1) is 0 Å². The number of benzene rings is 4. The molecule has 2 aliphatic heterocycles. The Morgan fingerprint density at radius 3 is 2.38 bits per heavy atom. The predicted molar refractivity (Wildman–Crippen MR) is 190 cm³/mol. The van der Waals surface area contributed by atoms with E-state index in [-0.39, 0.29) is 42.1 Å². The van der Waals surface area contributed by atoms with Gasteiger partial charge in [0.1, 0.15) is 5.69 Å². The molecule has 6 aromatic rings. The average Bonchev–Trinajstić information content (AvgIpc) is 3.50. The maximum Gasteiger partial charge on any atom is 0.326 e. The van der Waals surface area contributed by atoms with Gasteiger partial charge in [0.05, 0.1) is 47.1 Å². The standard InChI is InChI=1S/C39H38N6O5/c46-24-25-9-11-26(12-10-25)36-21-30(23-44-19-17-29(18-20-44)45-35-8-4-3-7-33(35)43-39(45)48)49-38(50-36)27-13-15-28(16-14-27)41-37(47)34-22-40-31-5-1-2-6-32(31)42-34/h1-16,22,29-30,36,38,46H,17-21,23-24H2,(H,41,47)(H,43,48). The monoisotopic (exact) mass is 670 g/mol. The van der Waals surface area contributed by atoms with Crippen LogP contribution in [-0.4, -0.2) is 61.2 Å². The largest absolute Gasteiger partial charge is 0.392 e. The normalized spacial score (nSPS) is 20.3. The third-order valence-electron chi connectivity index (χ3n) is 9.74. The van der Waals surface area contributed by atoms with Crippen LogP contribution in [0.3, 0.4) is 0 Å². The van der Waals surface area contributed by atoms with Crippen LogP contribution >= 0.6 is 0 Å². The van der Waals surface area contributed by atoms with E-state index < -0.39 is 6.29 Å². The van der Waals surface area contributed by atoms with Gasteiger partial charge in [-0.3, -0.25) is 14.3 Å². The molecule has 3 unspecified atom stereocenters. The highest BCUT2D eigenvalue weighted by Gasteiger charge is 2.34. The Hall–Kier alpha value is -5.20. The van der Waals surface area contributed by atoms with Crippen molar-refractivity contribution in [3.63, 3.8) is 0 Å². The van der Waals surface area contributed by atoms with Crippen molar-refractivity contribution in [3.8, 4) is 0 Å². The minimum atomic E-state index is -0.616. The fourth-order valence-electron chi connectivity index (χ4n) is 7.10. The molecule has 2 saturated heterocycles. The lowest BCUT2D eigenvalue weighted by Crippen LogP contribution is -2.43. The van der Waals surface area contributed by atoms with Gasteiger partial charge in [-0.25, -0.2) is 9.78 Å². The third kappa shape index (κ3) is 6.68. The summed E-state index contributed by atoms with van der Waals surface area (Å²) in [4.78, 5) is 40.0. The summed E-state index contributed by atoms with van der Waals surface area (Å²) in [5.41, 5.74) is 6.73. The van der Waals surface area contributed by atoms with Crippen LogP contribution in [0.4, 0.5) is 5.69 Å². The minimum Gasteiger partial charge on any atom is -0.392 e. The van der Waals surface area contributed by atoms with Gasteiger partial charge < -0.3 is 29.8 Å². The highest BCUT2D eigenvalue weighted by Crippen LogP contribution is 2.39. The number of H-pyrrole nitrogens is 1. The molecule has 0 spiro atoms. The molecule has 4 aromatic carbocycles. The fraction of sp³-hybridized carbons (Fsp3) is 0.282. The van der Waals surface area contributed by atoms with Crippen LogP contribution < -0.4 is 11.0 Å². The molecular formula is C39H38N6O5. The maximum absolute atomic E-state index is 13.0. The third-order valence-corrected chi connectivity index (χ3v) is 9.74. The Labute approximate surface area is 288 Å². The lowest BCUT2D eigenvalue weighted by Gasteiger charge is -2.40. The van der Waals surface area contributed by atoms with E-state index in [1.165, 1.54) is 6.20 Å². The van der Waals surface area contributed by atoms with Gasteiger partial charge in [0.25, 0.3) is 5.91 Å². The quantitative estimate of drug-likeness (QED) is 0.182. The number of carbonyl (C=O) groups excluding carboxylic acids is 1. The number of carbonyl (C=O) groups is 1. The number of amides is 1. The summed E-state index contributed by atoms with van der Waals surface area (Å²) in [6.45, 7) is 2.43. The van der Waals surface area contributed by atoms with Gasteiger partial charge in [-0.1, -0.05) is 60.7 Å². The van der Waals surface area contributed by atoms with Crippen LogP contribution in [0.2, 0.25) is 0 Å². The number of aliphatic hydroxyl groups excluding tert-OH is 1. The van der Waals surface area contributed by atoms with Gasteiger partial charge in [0.15, 0.2) is 6.29 Å². The van der Waals surface area contributed by atoms with Gasteiger partial charge in [-0.15, -0.1) is 0 Å². The second-order valence-electron chi connectivity index (χ2n) is 13.0. The van der Waals surface area contributed by atoms with Crippen LogP contribution in [0.1, 0.15) is 64.9 Å². The van der Waals surface area contributed by atoms with E-state index in [0.717, 1.165) is 65.7 Å². The molecule has 2 aliphatic rings. The zero-order chi connectivity index (χ0) is 34.0. The van der Waals surface area contributed by atoms with Crippen LogP contribution in [0.5, 0.6) is 0 Å². The molecule has 0 radical (unpaired) electrons. The van der Waals surface area contributed by atoms with E-state index in [1.807, 2.05) is 102 Å². The summed E-state index contributed by atoms with van der Waals surface area (Å²) >= 11 is 0. The van der Waals surface area contributed by atoms with Gasteiger partial charge >= 0.3 is 5.69 Å². The van der Waals surface area contributed by atoms with E-state index >= 15 is 0 Å². The van der Waals surface area contributed by atoms with Crippen LogP contribution in [0.15, 0.2) is 108 Å². The highest BCUT2D eigenvalue weighted by atomic mass is 16.7. The number of aromatic amines is 1. The van der Waals surface area contributed by atoms with Crippen molar-refractivity contribution in [1.29, 1.82) is 0 Å². The lowest BCUT2D eigenvalue weighted by atomic mass is 9.98. The Bertz CT molecular complexity index is 2170. The first-order valence-corrected chi connectivity index (χ1v) is 17.1. The van der Waals surface area contributed by atoms with E-state index in [1.54, 1.807) is 0 Å². The number of fused-ring (bicyclic) bond motifs is 2. The number of rotatable bonds is 8. The van der Waals surface area contributed by atoms with Crippen molar-refractivity contribution in [2.24, 2.45) is 0 Å². The Kier molecular flexibility index (Phi) is 8.95. The van der Waals surface area contributed by atoms with Crippen LogP contribution in [-0.2, 0) is 16.1 Å². The molecular weight excluding hydrogens is 632 g/mol. The second-order valence-corrected chi connectivity index (χ2v) is 13.0. The summed E-state index contributed by atoms with van der Waals surface area (Å²) in [5.74, 6) is -0.342. The van der Waals surface area contributed by atoms with Crippen molar-refractivity contribution < 1.29 is 19.4 Å². The number of aliphatic hydroxyl groups is 1. The molecule has 50 heavy (non-hydrogen) atoms. The Balaban J connectivity index is 0.957. The van der Waals surface area contributed by atoms with E-state index in [2.05, 4.69) is 25.2 Å². The number of ether oxygens (including phenoxy) is 2. The maximum atomic E-state index is 13.0. The molecule has 1 amide bonds. The number of aromatic nitrogens is 4. The summed E-state index contributed by atoms with van der Waals surface area (Å²) in [6, 6.07) is 30.8. The van der Waals surface area contributed by atoms with Gasteiger partial charge in [0.2, 0.25) is 0 Å². The number of likely N-dealkylation sites (tertiary alicyclic amines) is 1. The van der Waals surface area contributed by atoms with Crippen LogP contribution in [0.25, 0.3) is 22.1 Å². The molecule has 8 rings (SSSR count). The summed E-state index contributed by atoms with van der Waals surface area (Å²) < 4.78 is 15.1. The van der Waals surface area contributed by atoms with Crippen molar-refractivity contribution in [2.75, 3.05) is 25.0 Å². The molecule has 0 saturated carbocycles. The first kappa shape index (κ1) is 32.0. The smallest absolute Gasteiger partial charge is 0.326 e. The van der Waals surface area contributed by atoms with Gasteiger partial charge in [-0.05, 0) is 60.4 Å². The summed E-state index contributed by atoms with van der Waals surface area (Å²) in [6.07, 6.45) is 2.98. The molecule has 3 N–H and O–H groups in total. The Morgan fingerprint density at radius 2 is 1.60 bits per heavy atom.